The maximum atomic E-state index is 12.6. The molecule has 3 aromatic rings. The highest BCUT2D eigenvalue weighted by atomic mass is 16.3. The number of benzene rings is 2. The second-order valence-corrected chi connectivity index (χ2v) is 6.49. The third-order valence-electron chi connectivity index (χ3n) is 4.52. The maximum Gasteiger partial charge on any atom is 0.270 e. The number of anilines is 3. The fraction of sp³-hybridized carbons (Fsp3) is 0.150. The number of nitrogen functional groups attached to an aromatic ring is 1. The van der Waals surface area contributed by atoms with E-state index in [1.54, 1.807) is 24.3 Å². The van der Waals surface area contributed by atoms with Crippen LogP contribution in [0.2, 0.25) is 0 Å². The van der Waals surface area contributed by atoms with Crippen molar-refractivity contribution in [2.75, 3.05) is 11.1 Å². The molecule has 1 aliphatic carbocycles. The highest BCUT2D eigenvalue weighted by molar-refractivity contribution is 5.93. The van der Waals surface area contributed by atoms with E-state index in [9.17, 15) is 9.90 Å². The number of fused-ring (bicyclic) bond motifs is 1. The number of hydrogen-bond donors (Lipinski definition) is 4. The molecule has 5 N–H and O–H groups in total. The summed E-state index contributed by atoms with van der Waals surface area (Å²) in [5.74, 6) is 0.0691. The van der Waals surface area contributed by atoms with Gasteiger partial charge in [-0.05, 0) is 36.1 Å². The number of carbonyl (C=O) groups excluding carboxylic acids is 1. The van der Waals surface area contributed by atoms with Crippen LogP contribution >= 0.6 is 0 Å². The lowest BCUT2D eigenvalue weighted by Crippen LogP contribution is -2.36. The second-order valence-electron chi connectivity index (χ2n) is 6.49. The molecule has 0 saturated heterocycles. The van der Waals surface area contributed by atoms with Gasteiger partial charge in [0.15, 0.2) is 0 Å². The van der Waals surface area contributed by atoms with Gasteiger partial charge in [-0.25, -0.2) is 4.98 Å². The van der Waals surface area contributed by atoms with Gasteiger partial charge in [-0.2, -0.15) is 4.98 Å². The molecule has 27 heavy (non-hydrogen) atoms. The van der Waals surface area contributed by atoms with E-state index in [1.807, 2.05) is 12.1 Å². The van der Waals surface area contributed by atoms with Crippen molar-refractivity contribution in [2.24, 2.45) is 0 Å². The normalized spacial score (nSPS) is 13.2. The number of amides is 1. The Morgan fingerprint density at radius 1 is 1.04 bits per heavy atom. The Bertz CT molecular complexity index is 980. The van der Waals surface area contributed by atoms with Gasteiger partial charge in [-0.3, -0.25) is 4.79 Å². The van der Waals surface area contributed by atoms with Crippen molar-refractivity contribution in [1.82, 2.24) is 15.3 Å². The summed E-state index contributed by atoms with van der Waals surface area (Å²) < 4.78 is 0. The zero-order valence-corrected chi connectivity index (χ0v) is 14.5. The summed E-state index contributed by atoms with van der Waals surface area (Å²) in [6.45, 7) is 0. The number of rotatable bonds is 4. The van der Waals surface area contributed by atoms with Crippen LogP contribution in [-0.4, -0.2) is 27.0 Å². The van der Waals surface area contributed by atoms with Crippen LogP contribution in [0.15, 0.2) is 54.6 Å². The highest BCUT2D eigenvalue weighted by Gasteiger charge is 2.23. The molecular formula is C20H19N5O2. The summed E-state index contributed by atoms with van der Waals surface area (Å²) >= 11 is 0. The maximum absolute atomic E-state index is 12.6. The first kappa shape index (κ1) is 16.8. The number of hydrogen-bond acceptors (Lipinski definition) is 6. The Morgan fingerprint density at radius 3 is 2.41 bits per heavy atom. The molecule has 7 nitrogen and oxygen atoms in total. The molecule has 0 bridgehead atoms. The summed E-state index contributed by atoms with van der Waals surface area (Å²) in [5.41, 5.74) is 8.95. The standard InChI is InChI=1S/C20H19N5O2/c21-18-11-16(24-20(25-18)23-15-7-3-4-8-17(15)26)19(27)22-14-9-12-5-1-2-6-13(12)10-14/h1-8,11,14,26H,9-10H2,(H,22,27)(H3,21,23,24,25). The summed E-state index contributed by atoms with van der Waals surface area (Å²) in [4.78, 5) is 21.0. The number of aromatic hydroxyl groups is 1. The molecule has 0 saturated carbocycles. The molecule has 0 unspecified atom stereocenters. The van der Waals surface area contributed by atoms with Crippen molar-refractivity contribution in [3.05, 3.63) is 71.4 Å². The number of nitrogens with one attached hydrogen (secondary N) is 2. The molecule has 1 amide bonds. The summed E-state index contributed by atoms with van der Waals surface area (Å²) in [6.07, 6.45) is 1.59. The SMILES string of the molecule is Nc1cc(C(=O)NC2Cc3ccccc3C2)nc(Nc2ccccc2O)n1. The molecule has 1 heterocycles. The van der Waals surface area contributed by atoms with Gasteiger partial charge in [-0.15, -0.1) is 0 Å². The fourth-order valence-corrected chi connectivity index (χ4v) is 3.26. The highest BCUT2D eigenvalue weighted by Crippen LogP contribution is 2.25. The molecule has 0 aliphatic heterocycles. The Labute approximate surface area is 156 Å². The molecule has 1 aliphatic rings. The summed E-state index contributed by atoms with van der Waals surface area (Å²) in [7, 11) is 0. The monoisotopic (exact) mass is 361 g/mol. The number of phenols is 1. The molecule has 0 fully saturated rings. The van der Waals surface area contributed by atoms with Crippen LogP contribution in [0.5, 0.6) is 5.75 Å². The summed E-state index contributed by atoms with van der Waals surface area (Å²) in [6, 6.07) is 16.3. The smallest absolute Gasteiger partial charge is 0.270 e. The molecule has 0 spiro atoms. The first-order valence-electron chi connectivity index (χ1n) is 8.66. The zero-order valence-electron chi connectivity index (χ0n) is 14.5. The zero-order chi connectivity index (χ0) is 18.8. The lowest BCUT2D eigenvalue weighted by Gasteiger charge is -2.13. The predicted molar refractivity (Wildman–Crippen MR) is 103 cm³/mol. The Morgan fingerprint density at radius 2 is 1.70 bits per heavy atom. The first-order valence-corrected chi connectivity index (χ1v) is 8.66. The average molecular weight is 361 g/mol. The lowest BCUT2D eigenvalue weighted by atomic mass is 10.1. The van der Waals surface area contributed by atoms with E-state index < -0.39 is 0 Å². The number of phenolic OH excluding ortho intramolecular Hbond substituents is 1. The average Bonchev–Trinajstić information content (AvgIpc) is 3.05. The third-order valence-corrected chi connectivity index (χ3v) is 4.52. The van der Waals surface area contributed by atoms with Crippen molar-refractivity contribution in [2.45, 2.75) is 18.9 Å². The van der Waals surface area contributed by atoms with Gasteiger partial charge in [0, 0.05) is 12.1 Å². The van der Waals surface area contributed by atoms with E-state index in [4.69, 9.17) is 5.73 Å². The Balaban J connectivity index is 1.50. The number of carbonyl (C=O) groups is 1. The number of aromatic nitrogens is 2. The van der Waals surface area contributed by atoms with Gasteiger partial charge in [0.2, 0.25) is 5.95 Å². The molecule has 4 rings (SSSR count). The van der Waals surface area contributed by atoms with E-state index in [1.165, 1.54) is 17.2 Å². The second kappa shape index (κ2) is 6.95. The quantitative estimate of drug-likeness (QED) is 0.531. The van der Waals surface area contributed by atoms with E-state index in [2.05, 4.69) is 32.7 Å². The number of para-hydroxylation sites is 2. The van der Waals surface area contributed by atoms with E-state index in [0.29, 0.717) is 5.69 Å². The van der Waals surface area contributed by atoms with Crippen LogP contribution < -0.4 is 16.4 Å². The Kier molecular flexibility index (Phi) is 4.33. The third kappa shape index (κ3) is 3.67. The summed E-state index contributed by atoms with van der Waals surface area (Å²) in [5, 5.41) is 15.8. The number of nitrogens with zero attached hydrogens (tertiary/aromatic N) is 2. The lowest BCUT2D eigenvalue weighted by molar-refractivity contribution is 0.0933. The molecule has 0 radical (unpaired) electrons. The van der Waals surface area contributed by atoms with E-state index >= 15 is 0 Å². The van der Waals surface area contributed by atoms with Gasteiger partial charge >= 0.3 is 0 Å². The minimum Gasteiger partial charge on any atom is -0.506 e. The van der Waals surface area contributed by atoms with Gasteiger partial charge in [0.05, 0.1) is 5.69 Å². The van der Waals surface area contributed by atoms with Crippen LogP contribution in [0.25, 0.3) is 0 Å². The fourth-order valence-electron chi connectivity index (χ4n) is 3.26. The molecule has 0 atom stereocenters. The predicted octanol–water partition coefficient (Wildman–Crippen LogP) is 2.41. The molecule has 7 heteroatoms. The van der Waals surface area contributed by atoms with Crippen LogP contribution in [0.4, 0.5) is 17.5 Å². The molecule has 2 aromatic carbocycles. The number of nitrogens with two attached hydrogens (primary N) is 1. The van der Waals surface area contributed by atoms with Crippen molar-refractivity contribution < 1.29 is 9.90 Å². The first-order chi connectivity index (χ1) is 13.1. The van der Waals surface area contributed by atoms with Gasteiger partial charge in [-0.1, -0.05) is 36.4 Å². The topological polar surface area (TPSA) is 113 Å². The van der Waals surface area contributed by atoms with Crippen LogP contribution in [0, 0.1) is 0 Å². The largest absolute Gasteiger partial charge is 0.506 e. The van der Waals surface area contributed by atoms with Gasteiger partial charge in [0.25, 0.3) is 5.91 Å². The van der Waals surface area contributed by atoms with Crippen molar-refractivity contribution >= 4 is 23.4 Å². The van der Waals surface area contributed by atoms with Crippen molar-refractivity contribution in [1.29, 1.82) is 0 Å². The molecular weight excluding hydrogens is 342 g/mol. The van der Waals surface area contributed by atoms with Crippen molar-refractivity contribution in [3.63, 3.8) is 0 Å². The molecule has 1 aromatic heterocycles. The van der Waals surface area contributed by atoms with E-state index in [-0.39, 0.29) is 35.2 Å². The van der Waals surface area contributed by atoms with Gasteiger partial charge in [0.1, 0.15) is 17.3 Å². The minimum absolute atomic E-state index is 0.0284. The van der Waals surface area contributed by atoms with Crippen LogP contribution in [0.1, 0.15) is 21.6 Å². The van der Waals surface area contributed by atoms with Gasteiger partial charge < -0.3 is 21.5 Å². The van der Waals surface area contributed by atoms with Crippen molar-refractivity contribution in [3.8, 4) is 5.75 Å². The van der Waals surface area contributed by atoms with Crippen LogP contribution in [-0.2, 0) is 12.8 Å². The minimum atomic E-state index is -0.303. The van der Waals surface area contributed by atoms with E-state index in [0.717, 1.165) is 12.8 Å². The Hall–Kier alpha value is -3.61. The molecule has 136 valence electrons. The van der Waals surface area contributed by atoms with Crippen LogP contribution in [0.3, 0.4) is 0 Å².